The smallest absolute Gasteiger partial charge is 0.153 e. The van der Waals surface area contributed by atoms with Crippen LogP contribution in [0.5, 0.6) is 5.75 Å². The van der Waals surface area contributed by atoms with E-state index >= 15 is 0 Å². The number of hydrogen-bond acceptors (Lipinski definition) is 4. The van der Waals surface area contributed by atoms with Gasteiger partial charge in [-0.3, -0.25) is 9.59 Å². The number of carbonyl (C=O) groups is 2. The fourth-order valence-electron chi connectivity index (χ4n) is 1.35. The lowest BCUT2D eigenvalue weighted by atomic mass is 10.1. The highest BCUT2D eigenvalue weighted by Gasteiger charge is 2.10. The van der Waals surface area contributed by atoms with Crippen LogP contribution in [0.2, 0.25) is 0 Å². The van der Waals surface area contributed by atoms with E-state index in [1.165, 1.54) is 13.2 Å². The van der Waals surface area contributed by atoms with Crippen molar-refractivity contribution >= 4 is 18.3 Å². The molecule has 15 heavy (non-hydrogen) atoms. The van der Waals surface area contributed by atoms with Gasteiger partial charge in [0.15, 0.2) is 12.6 Å². The maximum Gasteiger partial charge on any atom is 0.153 e. The van der Waals surface area contributed by atoms with E-state index in [1.807, 2.05) is 14.1 Å². The lowest BCUT2D eigenvalue weighted by molar-refractivity contribution is 0.112. The van der Waals surface area contributed by atoms with Crippen molar-refractivity contribution in [3.8, 4) is 5.75 Å². The summed E-state index contributed by atoms with van der Waals surface area (Å²) in [5.74, 6) is 0.472. The number of methoxy groups -OCH3 is 1. The molecule has 0 N–H and O–H groups in total. The van der Waals surface area contributed by atoms with Crippen molar-refractivity contribution in [2.24, 2.45) is 0 Å². The fourth-order valence-corrected chi connectivity index (χ4v) is 1.35. The van der Waals surface area contributed by atoms with Crippen molar-refractivity contribution in [1.82, 2.24) is 0 Å². The highest BCUT2D eigenvalue weighted by atomic mass is 16.5. The standard InChI is InChI=1S/C11H13NO3/c1-12(2)10-5-11(15-3)9(7-14)4-8(10)6-13/h4-7H,1-3H3. The fraction of sp³-hybridized carbons (Fsp3) is 0.273. The van der Waals surface area contributed by atoms with Gasteiger partial charge in [-0.05, 0) is 6.07 Å². The van der Waals surface area contributed by atoms with E-state index < -0.39 is 0 Å². The molecule has 0 aromatic heterocycles. The maximum atomic E-state index is 10.8. The van der Waals surface area contributed by atoms with Crippen molar-refractivity contribution in [3.63, 3.8) is 0 Å². The van der Waals surface area contributed by atoms with Gasteiger partial charge in [0.25, 0.3) is 0 Å². The third-order valence-corrected chi connectivity index (χ3v) is 2.11. The molecule has 0 unspecified atom stereocenters. The van der Waals surface area contributed by atoms with Crippen LogP contribution in [0.4, 0.5) is 5.69 Å². The maximum absolute atomic E-state index is 10.8. The quantitative estimate of drug-likeness (QED) is 0.700. The molecule has 4 nitrogen and oxygen atoms in total. The minimum Gasteiger partial charge on any atom is -0.496 e. The molecule has 1 rings (SSSR count). The van der Waals surface area contributed by atoms with Crippen LogP contribution in [0, 0.1) is 0 Å². The number of nitrogens with zero attached hydrogens (tertiary/aromatic N) is 1. The summed E-state index contributed by atoms with van der Waals surface area (Å²) in [6, 6.07) is 3.20. The normalized spacial score (nSPS) is 9.53. The summed E-state index contributed by atoms with van der Waals surface area (Å²) in [6.45, 7) is 0. The molecule has 0 aliphatic rings. The average molecular weight is 207 g/mol. The Morgan fingerprint density at radius 3 is 2.13 bits per heavy atom. The summed E-state index contributed by atoms with van der Waals surface area (Å²) >= 11 is 0. The minimum absolute atomic E-state index is 0.380. The predicted octanol–water partition coefficient (Wildman–Crippen LogP) is 1.39. The largest absolute Gasteiger partial charge is 0.496 e. The first-order chi connectivity index (χ1) is 7.13. The Morgan fingerprint density at radius 1 is 1.13 bits per heavy atom. The van der Waals surface area contributed by atoms with Crippen molar-refractivity contribution in [1.29, 1.82) is 0 Å². The molecule has 0 amide bonds. The SMILES string of the molecule is COc1cc(N(C)C)c(C=O)cc1C=O. The number of ether oxygens (including phenoxy) is 1. The summed E-state index contributed by atoms with van der Waals surface area (Å²) in [6.07, 6.45) is 1.40. The van der Waals surface area contributed by atoms with Gasteiger partial charge in [0, 0.05) is 25.7 Å². The highest BCUT2D eigenvalue weighted by Crippen LogP contribution is 2.26. The Labute approximate surface area is 88.5 Å². The molecule has 1 aromatic rings. The molecular weight excluding hydrogens is 194 g/mol. The number of aldehydes is 2. The molecule has 0 heterocycles. The van der Waals surface area contributed by atoms with Crippen LogP contribution in [0.15, 0.2) is 12.1 Å². The van der Waals surface area contributed by atoms with Gasteiger partial charge in [-0.2, -0.15) is 0 Å². The van der Waals surface area contributed by atoms with E-state index in [0.717, 1.165) is 12.0 Å². The summed E-state index contributed by atoms with van der Waals surface area (Å²) in [5.41, 5.74) is 1.58. The third-order valence-electron chi connectivity index (χ3n) is 2.11. The van der Waals surface area contributed by atoms with Crippen LogP contribution in [-0.4, -0.2) is 33.8 Å². The predicted molar refractivity (Wildman–Crippen MR) is 58.1 cm³/mol. The number of hydrogen-bond donors (Lipinski definition) is 0. The topological polar surface area (TPSA) is 46.6 Å². The lowest BCUT2D eigenvalue weighted by Gasteiger charge is -2.16. The number of rotatable bonds is 4. The van der Waals surface area contributed by atoms with Crippen LogP contribution in [0.1, 0.15) is 20.7 Å². The summed E-state index contributed by atoms with van der Waals surface area (Å²) in [4.78, 5) is 23.3. The molecule has 0 atom stereocenters. The molecule has 80 valence electrons. The van der Waals surface area contributed by atoms with Crippen LogP contribution < -0.4 is 9.64 Å². The summed E-state index contributed by atoms with van der Waals surface area (Å²) in [5, 5.41) is 0. The van der Waals surface area contributed by atoms with Crippen molar-refractivity contribution in [2.75, 3.05) is 26.1 Å². The van der Waals surface area contributed by atoms with Crippen LogP contribution >= 0.6 is 0 Å². The zero-order chi connectivity index (χ0) is 11.4. The molecule has 0 spiro atoms. The van der Waals surface area contributed by atoms with E-state index in [4.69, 9.17) is 4.74 Å². The zero-order valence-electron chi connectivity index (χ0n) is 8.98. The van der Waals surface area contributed by atoms with Crippen LogP contribution in [0.25, 0.3) is 0 Å². The molecule has 0 fully saturated rings. The molecule has 0 aliphatic heterocycles. The van der Waals surface area contributed by atoms with Gasteiger partial charge >= 0.3 is 0 Å². The Bertz CT molecular complexity index is 386. The van der Waals surface area contributed by atoms with Crippen LogP contribution in [0.3, 0.4) is 0 Å². The lowest BCUT2D eigenvalue weighted by Crippen LogP contribution is -2.12. The Kier molecular flexibility index (Phi) is 3.44. The molecule has 0 radical (unpaired) electrons. The molecule has 0 bridgehead atoms. The summed E-state index contributed by atoms with van der Waals surface area (Å²) < 4.78 is 5.05. The Hall–Kier alpha value is -1.84. The van der Waals surface area contributed by atoms with Crippen molar-refractivity contribution in [3.05, 3.63) is 23.3 Å². The average Bonchev–Trinajstić information content (AvgIpc) is 2.26. The van der Waals surface area contributed by atoms with Gasteiger partial charge < -0.3 is 9.64 Å². The van der Waals surface area contributed by atoms with Crippen molar-refractivity contribution < 1.29 is 14.3 Å². The first-order valence-corrected chi connectivity index (χ1v) is 4.43. The van der Waals surface area contributed by atoms with Gasteiger partial charge in [-0.25, -0.2) is 0 Å². The second-order valence-corrected chi connectivity index (χ2v) is 3.28. The van der Waals surface area contributed by atoms with Crippen molar-refractivity contribution in [2.45, 2.75) is 0 Å². The van der Waals surface area contributed by atoms with Gasteiger partial charge in [0.05, 0.1) is 18.4 Å². The van der Waals surface area contributed by atoms with E-state index in [2.05, 4.69) is 0 Å². The Balaban J connectivity index is 3.40. The first-order valence-electron chi connectivity index (χ1n) is 4.43. The van der Waals surface area contributed by atoms with Crippen LogP contribution in [-0.2, 0) is 0 Å². The molecule has 4 heteroatoms. The minimum atomic E-state index is 0.380. The molecule has 1 aromatic carbocycles. The second-order valence-electron chi connectivity index (χ2n) is 3.28. The first kappa shape index (κ1) is 11.2. The van der Waals surface area contributed by atoms with E-state index in [1.54, 1.807) is 11.0 Å². The number of anilines is 1. The number of benzene rings is 1. The van der Waals surface area contributed by atoms with Gasteiger partial charge in [0.1, 0.15) is 5.75 Å². The molecular formula is C11H13NO3. The second kappa shape index (κ2) is 4.59. The zero-order valence-corrected chi connectivity index (χ0v) is 8.98. The Morgan fingerprint density at radius 2 is 1.73 bits per heavy atom. The molecule has 0 aliphatic carbocycles. The van der Waals surface area contributed by atoms with E-state index in [-0.39, 0.29) is 0 Å². The van der Waals surface area contributed by atoms with E-state index in [0.29, 0.717) is 23.2 Å². The van der Waals surface area contributed by atoms with Gasteiger partial charge in [-0.15, -0.1) is 0 Å². The third kappa shape index (κ3) is 2.15. The van der Waals surface area contributed by atoms with Gasteiger partial charge in [-0.1, -0.05) is 0 Å². The summed E-state index contributed by atoms with van der Waals surface area (Å²) in [7, 11) is 5.13. The van der Waals surface area contributed by atoms with Gasteiger partial charge in [0.2, 0.25) is 0 Å². The molecule has 0 saturated carbocycles. The van der Waals surface area contributed by atoms with E-state index in [9.17, 15) is 9.59 Å². The highest BCUT2D eigenvalue weighted by molar-refractivity contribution is 5.91. The monoisotopic (exact) mass is 207 g/mol. The number of carbonyl (C=O) groups excluding carboxylic acids is 2. The molecule has 0 saturated heterocycles.